The van der Waals surface area contributed by atoms with Crippen molar-refractivity contribution in [3.63, 3.8) is 0 Å². The van der Waals surface area contributed by atoms with E-state index in [1.54, 1.807) is 18.2 Å². The van der Waals surface area contributed by atoms with Crippen LogP contribution in [0.2, 0.25) is 5.02 Å². The lowest BCUT2D eigenvalue weighted by atomic mass is 10.2. The summed E-state index contributed by atoms with van der Waals surface area (Å²) in [6.45, 7) is 7.08. The first-order valence-corrected chi connectivity index (χ1v) is 7.70. The Bertz CT molecular complexity index is 505. The van der Waals surface area contributed by atoms with E-state index in [4.69, 9.17) is 16.9 Å². The van der Waals surface area contributed by atoms with Gasteiger partial charge in [0.15, 0.2) is 0 Å². The lowest BCUT2D eigenvalue weighted by Gasteiger charge is -2.20. The second kappa shape index (κ2) is 9.38. The van der Waals surface area contributed by atoms with E-state index in [0.717, 1.165) is 32.5 Å². The quantitative estimate of drug-likeness (QED) is 0.797. The van der Waals surface area contributed by atoms with Crippen LogP contribution < -0.4 is 5.32 Å². The number of amides is 1. The first-order valence-electron chi connectivity index (χ1n) is 7.32. The minimum Gasteiger partial charge on any atom is -0.326 e. The average molecular weight is 308 g/mol. The number of nitriles is 1. The summed E-state index contributed by atoms with van der Waals surface area (Å²) in [7, 11) is 0. The van der Waals surface area contributed by atoms with Crippen LogP contribution in [0.4, 0.5) is 5.69 Å². The fourth-order valence-corrected chi connectivity index (χ4v) is 2.36. The monoisotopic (exact) mass is 307 g/mol. The minimum atomic E-state index is -0.0343. The molecule has 1 aromatic rings. The summed E-state index contributed by atoms with van der Waals surface area (Å²) in [5.41, 5.74) is 1.04. The van der Waals surface area contributed by atoms with Gasteiger partial charge in [0.05, 0.1) is 10.6 Å². The first-order chi connectivity index (χ1) is 10.1. The molecule has 0 saturated heterocycles. The maximum atomic E-state index is 11.9. The van der Waals surface area contributed by atoms with Gasteiger partial charge in [-0.15, -0.1) is 0 Å². The normalized spacial score (nSPS) is 10.4. The number of benzene rings is 1. The van der Waals surface area contributed by atoms with Crippen LogP contribution in [0.15, 0.2) is 18.2 Å². The summed E-state index contributed by atoms with van der Waals surface area (Å²) >= 11 is 5.94. The van der Waals surface area contributed by atoms with Gasteiger partial charge in [0, 0.05) is 18.7 Å². The van der Waals surface area contributed by atoms with E-state index in [0.29, 0.717) is 22.7 Å². The number of nitrogens with one attached hydrogen (secondary N) is 1. The molecule has 1 aromatic carbocycles. The minimum absolute atomic E-state index is 0.0343. The SMILES string of the molecule is CCCN(CCC)CCC(=O)Nc1ccc(C#N)c(Cl)c1. The zero-order valence-corrected chi connectivity index (χ0v) is 13.4. The van der Waals surface area contributed by atoms with Crippen molar-refractivity contribution in [3.8, 4) is 6.07 Å². The van der Waals surface area contributed by atoms with Crippen molar-refractivity contribution >= 4 is 23.2 Å². The third kappa shape index (κ3) is 6.16. The van der Waals surface area contributed by atoms with Crippen molar-refractivity contribution in [2.75, 3.05) is 25.0 Å². The second-order valence-electron chi connectivity index (χ2n) is 4.95. The number of rotatable bonds is 8. The van der Waals surface area contributed by atoms with Crippen molar-refractivity contribution in [2.24, 2.45) is 0 Å². The highest BCUT2D eigenvalue weighted by Gasteiger charge is 2.08. The summed E-state index contributed by atoms with van der Waals surface area (Å²) in [5, 5.41) is 12.0. The molecule has 0 spiro atoms. The molecule has 0 bridgehead atoms. The standard InChI is InChI=1S/C16H22ClN3O/c1-3-8-20(9-4-2)10-7-16(21)19-14-6-5-13(12-18)15(17)11-14/h5-6,11H,3-4,7-10H2,1-2H3,(H,19,21). The number of carbonyl (C=O) groups excluding carboxylic acids is 1. The van der Waals surface area contributed by atoms with Crippen molar-refractivity contribution in [2.45, 2.75) is 33.1 Å². The fraction of sp³-hybridized carbons (Fsp3) is 0.500. The Kier molecular flexibility index (Phi) is 7.81. The molecule has 0 fully saturated rings. The van der Waals surface area contributed by atoms with Crippen LogP contribution in [0, 0.1) is 11.3 Å². The Labute approximate surface area is 131 Å². The van der Waals surface area contributed by atoms with E-state index in [2.05, 4.69) is 24.1 Å². The third-order valence-electron chi connectivity index (χ3n) is 3.11. The molecule has 114 valence electrons. The van der Waals surface area contributed by atoms with Gasteiger partial charge in [0.25, 0.3) is 0 Å². The summed E-state index contributed by atoms with van der Waals surface area (Å²) < 4.78 is 0. The highest BCUT2D eigenvalue weighted by Crippen LogP contribution is 2.20. The van der Waals surface area contributed by atoms with E-state index in [1.165, 1.54) is 0 Å². The zero-order chi connectivity index (χ0) is 15.7. The molecule has 0 heterocycles. The molecule has 0 aliphatic carbocycles. The molecular weight excluding hydrogens is 286 g/mol. The van der Waals surface area contributed by atoms with E-state index in [9.17, 15) is 4.79 Å². The van der Waals surface area contributed by atoms with Crippen LogP contribution in [0.1, 0.15) is 38.7 Å². The van der Waals surface area contributed by atoms with E-state index in [1.807, 2.05) is 6.07 Å². The molecule has 0 radical (unpaired) electrons. The van der Waals surface area contributed by atoms with Gasteiger partial charge in [-0.25, -0.2) is 0 Å². The highest BCUT2D eigenvalue weighted by molar-refractivity contribution is 6.32. The molecular formula is C16H22ClN3O. The molecule has 0 aromatic heterocycles. The number of hydrogen-bond acceptors (Lipinski definition) is 3. The molecule has 0 atom stereocenters. The van der Waals surface area contributed by atoms with Crippen molar-refractivity contribution in [1.29, 1.82) is 5.26 Å². The van der Waals surface area contributed by atoms with Crippen molar-refractivity contribution in [1.82, 2.24) is 4.90 Å². The van der Waals surface area contributed by atoms with Gasteiger partial charge in [-0.05, 0) is 44.1 Å². The van der Waals surface area contributed by atoms with Crippen molar-refractivity contribution in [3.05, 3.63) is 28.8 Å². The Morgan fingerprint density at radius 3 is 2.48 bits per heavy atom. The van der Waals surface area contributed by atoms with Crippen LogP contribution in [-0.2, 0) is 4.79 Å². The van der Waals surface area contributed by atoms with Gasteiger partial charge in [0.1, 0.15) is 6.07 Å². The number of hydrogen-bond donors (Lipinski definition) is 1. The van der Waals surface area contributed by atoms with Gasteiger partial charge in [-0.3, -0.25) is 4.79 Å². The molecule has 1 amide bonds. The molecule has 5 heteroatoms. The van der Waals surface area contributed by atoms with Gasteiger partial charge in [-0.1, -0.05) is 25.4 Å². The lowest BCUT2D eigenvalue weighted by molar-refractivity contribution is -0.116. The van der Waals surface area contributed by atoms with Crippen LogP contribution >= 0.6 is 11.6 Å². The van der Waals surface area contributed by atoms with E-state index in [-0.39, 0.29) is 5.91 Å². The van der Waals surface area contributed by atoms with Gasteiger partial charge in [-0.2, -0.15) is 5.26 Å². The first kappa shape index (κ1) is 17.5. The Morgan fingerprint density at radius 1 is 1.29 bits per heavy atom. The van der Waals surface area contributed by atoms with Gasteiger partial charge >= 0.3 is 0 Å². The highest BCUT2D eigenvalue weighted by atomic mass is 35.5. The predicted molar refractivity (Wildman–Crippen MR) is 86.4 cm³/mol. The molecule has 0 saturated carbocycles. The maximum absolute atomic E-state index is 11.9. The van der Waals surface area contributed by atoms with Crippen LogP contribution in [0.25, 0.3) is 0 Å². The summed E-state index contributed by atoms with van der Waals surface area (Å²) in [5.74, 6) is -0.0343. The number of halogens is 1. The average Bonchev–Trinajstić information content (AvgIpc) is 2.45. The smallest absolute Gasteiger partial charge is 0.225 e. The summed E-state index contributed by atoms with van der Waals surface area (Å²) in [6, 6.07) is 6.90. The molecule has 21 heavy (non-hydrogen) atoms. The van der Waals surface area contributed by atoms with Gasteiger partial charge in [0.2, 0.25) is 5.91 Å². The fourth-order valence-electron chi connectivity index (χ4n) is 2.13. The lowest BCUT2D eigenvalue weighted by Crippen LogP contribution is -2.29. The predicted octanol–water partition coefficient (Wildman–Crippen LogP) is 3.66. The molecule has 4 nitrogen and oxygen atoms in total. The van der Waals surface area contributed by atoms with E-state index < -0.39 is 0 Å². The molecule has 0 aliphatic heterocycles. The molecule has 1 rings (SSSR count). The Hall–Kier alpha value is -1.57. The molecule has 0 unspecified atom stereocenters. The van der Waals surface area contributed by atoms with Crippen LogP contribution in [0.3, 0.4) is 0 Å². The summed E-state index contributed by atoms with van der Waals surface area (Å²) in [6.07, 6.45) is 2.64. The molecule has 0 aliphatic rings. The third-order valence-corrected chi connectivity index (χ3v) is 3.42. The Balaban J connectivity index is 2.50. The second-order valence-corrected chi connectivity index (χ2v) is 5.35. The largest absolute Gasteiger partial charge is 0.326 e. The topological polar surface area (TPSA) is 56.1 Å². The zero-order valence-electron chi connectivity index (χ0n) is 12.7. The van der Waals surface area contributed by atoms with E-state index >= 15 is 0 Å². The van der Waals surface area contributed by atoms with Crippen molar-refractivity contribution < 1.29 is 4.79 Å². The maximum Gasteiger partial charge on any atom is 0.225 e. The number of nitrogens with zero attached hydrogens (tertiary/aromatic N) is 2. The van der Waals surface area contributed by atoms with Crippen LogP contribution in [0.5, 0.6) is 0 Å². The number of carbonyl (C=O) groups is 1. The number of anilines is 1. The Morgan fingerprint density at radius 2 is 1.95 bits per heavy atom. The molecule has 1 N–H and O–H groups in total. The summed E-state index contributed by atoms with van der Waals surface area (Å²) in [4.78, 5) is 14.2. The van der Waals surface area contributed by atoms with Gasteiger partial charge < -0.3 is 10.2 Å². The van der Waals surface area contributed by atoms with Crippen LogP contribution in [-0.4, -0.2) is 30.4 Å².